The SMILES string of the molecule is COc1ccc(C(CC(=O)O)N(C(C)=O)N2C(=O)NC(C)(c3ccc(C=NN)cc3)C2=O)cc1O. The molecule has 0 aliphatic carbocycles. The highest BCUT2D eigenvalue weighted by molar-refractivity contribution is 6.08. The van der Waals surface area contributed by atoms with Crippen molar-refractivity contribution in [1.29, 1.82) is 0 Å². The van der Waals surface area contributed by atoms with E-state index in [1.54, 1.807) is 24.3 Å². The number of carbonyl (C=O) groups excluding carboxylic acids is 3. The fourth-order valence-corrected chi connectivity index (χ4v) is 3.93. The van der Waals surface area contributed by atoms with E-state index in [1.165, 1.54) is 38.4 Å². The van der Waals surface area contributed by atoms with Crippen LogP contribution in [0.1, 0.15) is 43.0 Å². The molecule has 0 bridgehead atoms. The molecule has 2 aromatic carbocycles. The van der Waals surface area contributed by atoms with Gasteiger partial charge in [0, 0.05) is 6.92 Å². The van der Waals surface area contributed by atoms with Crippen molar-refractivity contribution in [3.05, 3.63) is 59.2 Å². The van der Waals surface area contributed by atoms with Crippen molar-refractivity contribution in [1.82, 2.24) is 15.3 Å². The van der Waals surface area contributed by atoms with Gasteiger partial charge >= 0.3 is 12.0 Å². The number of carboxylic acid groups (broad SMARTS) is 1. The number of phenols is 1. The third-order valence-electron chi connectivity index (χ3n) is 5.67. The van der Waals surface area contributed by atoms with Crippen LogP contribution in [0.25, 0.3) is 0 Å². The number of phenolic OH excluding ortho intramolecular Hbond substituents is 1. The first-order valence-corrected chi connectivity index (χ1v) is 10.4. The zero-order valence-electron chi connectivity index (χ0n) is 19.3. The average Bonchev–Trinajstić information content (AvgIpc) is 3.03. The molecule has 1 aliphatic rings. The van der Waals surface area contributed by atoms with Gasteiger partial charge in [0.25, 0.3) is 5.91 Å². The minimum atomic E-state index is -1.54. The van der Waals surface area contributed by atoms with Crippen LogP contribution in [0.2, 0.25) is 0 Å². The van der Waals surface area contributed by atoms with Gasteiger partial charge in [-0.3, -0.25) is 14.4 Å². The van der Waals surface area contributed by atoms with Crippen molar-refractivity contribution in [2.45, 2.75) is 31.8 Å². The largest absolute Gasteiger partial charge is 0.504 e. The molecule has 35 heavy (non-hydrogen) atoms. The molecule has 1 fully saturated rings. The molecule has 184 valence electrons. The van der Waals surface area contributed by atoms with E-state index in [1.807, 2.05) is 0 Å². The van der Waals surface area contributed by atoms with E-state index in [0.29, 0.717) is 16.1 Å². The number of hydrazine groups is 1. The van der Waals surface area contributed by atoms with Gasteiger partial charge in [-0.2, -0.15) is 10.1 Å². The maximum atomic E-state index is 13.6. The Morgan fingerprint density at radius 2 is 1.91 bits per heavy atom. The van der Waals surface area contributed by atoms with Crippen molar-refractivity contribution in [3.8, 4) is 11.5 Å². The molecule has 0 spiro atoms. The van der Waals surface area contributed by atoms with Crippen LogP contribution in [0.3, 0.4) is 0 Å². The number of hydrogen-bond donors (Lipinski definition) is 4. The van der Waals surface area contributed by atoms with Gasteiger partial charge in [-0.1, -0.05) is 30.3 Å². The van der Waals surface area contributed by atoms with Crippen LogP contribution in [0.5, 0.6) is 11.5 Å². The number of nitrogens with zero attached hydrogens (tertiary/aromatic N) is 3. The Balaban J connectivity index is 2.06. The number of rotatable bonds is 8. The monoisotopic (exact) mass is 483 g/mol. The molecule has 2 atom stereocenters. The fraction of sp³-hybridized carbons (Fsp3) is 0.261. The van der Waals surface area contributed by atoms with Gasteiger partial charge in [-0.05, 0) is 35.7 Å². The summed E-state index contributed by atoms with van der Waals surface area (Å²) in [6.45, 7) is 2.58. The number of nitrogens with one attached hydrogen (secondary N) is 1. The molecule has 2 unspecified atom stereocenters. The molecular weight excluding hydrogens is 458 g/mol. The lowest BCUT2D eigenvalue weighted by atomic mass is 9.91. The van der Waals surface area contributed by atoms with Crippen molar-refractivity contribution < 1.29 is 34.1 Å². The van der Waals surface area contributed by atoms with Crippen molar-refractivity contribution in [3.63, 3.8) is 0 Å². The molecule has 4 amide bonds. The number of ether oxygens (including phenoxy) is 1. The molecule has 1 aliphatic heterocycles. The normalized spacial score (nSPS) is 18.4. The Kier molecular flexibility index (Phi) is 6.94. The van der Waals surface area contributed by atoms with Gasteiger partial charge in [0.05, 0.1) is 25.8 Å². The zero-order chi connectivity index (χ0) is 25.9. The van der Waals surface area contributed by atoms with Gasteiger partial charge in [0.2, 0.25) is 5.91 Å². The van der Waals surface area contributed by atoms with Gasteiger partial charge < -0.3 is 26.1 Å². The van der Waals surface area contributed by atoms with E-state index in [9.17, 15) is 29.4 Å². The second-order valence-electron chi connectivity index (χ2n) is 7.98. The molecule has 12 heteroatoms. The lowest BCUT2D eigenvalue weighted by molar-refractivity contribution is -0.162. The average molecular weight is 483 g/mol. The molecule has 0 aromatic heterocycles. The Bertz CT molecular complexity index is 1200. The predicted molar refractivity (Wildman–Crippen MR) is 123 cm³/mol. The van der Waals surface area contributed by atoms with E-state index < -0.39 is 41.8 Å². The Morgan fingerprint density at radius 3 is 2.43 bits per heavy atom. The third kappa shape index (κ3) is 4.71. The topological polar surface area (TPSA) is 175 Å². The number of amides is 4. The summed E-state index contributed by atoms with van der Waals surface area (Å²) in [6, 6.07) is 8.36. The summed E-state index contributed by atoms with van der Waals surface area (Å²) < 4.78 is 5.01. The lowest BCUT2D eigenvalue weighted by Crippen LogP contribution is -2.52. The van der Waals surface area contributed by atoms with E-state index in [-0.39, 0.29) is 17.1 Å². The second kappa shape index (κ2) is 9.71. The minimum Gasteiger partial charge on any atom is -0.504 e. The minimum absolute atomic E-state index is 0.128. The summed E-state index contributed by atoms with van der Waals surface area (Å²) >= 11 is 0. The summed E-state index contributed by atoms with van der Waals surface area (Å²) in [5, 5.41) is 27.1. The zero-order valence-corrected chi connectivity index (χ0v) is 19.3. The van der Waals surface area contributed by atoms with Gasteiger partial charge in [0.1, 0.15) is 5.54 Å². The van der Waals surface area contributed by atoms with Gasteiger partial charge in [-0.15, -0.1) is 0 Å². The number of aromatic hydroxyl groups is 1. The maximum Gasteiger partial charge on any atom is 0.344 e. The summed E-state index contributed by atoms with van der Waals surface area (Å²) in [7, 11) is 1.34. The van der Waals surface area contributed by atoms with Gasteiger partial charge in [-0.25, -0.2) is 9.80 Å². The molecule has 12 nitrogen and oxygen atoms in total. The standard InChI is InChI=1S/C23H25N5O7/c1-13(29)27(17(11-20(31)32)15-6-9-19(35-3)18(30)10-15)28-21(33)23(2,26-22(28)34)16-7-4-14(5-8-16)12-25-24/h4-10,12,17,30H,11,24H2,1-3H3,(H,26,34)(H,31,32). The first-order valence-electron chi connectivity index (χ1n) is 10.4. The quantitative estimate of drug-likeness (QED) is 0.189. The number of methoxy groups -OCH3 is 1. The highest BCUT2D eigenvalue weighted by atomic mass is 16.5. The molecule has 1 saturated heterocycles. The smallest absolute Gasteiger partial charge is 0.344 e. The van der Waals surface area contributed by atoms with Crippen LogP contribution in [0.15, 0.2) is 47.6 Å². The number of carboxylic acids is 1. The summed E-state index contributed by atoms with van der Waals surface area (Å²) in [6.07, 6.45) is 0.762. The van der Waals surface area contributed by atoms with E-state index in [2.05, 4.69) is 10.4 Å². The molecule has 1 heterocycles. The Morgan fingerprint density at radius 1 is 1.26 bits per heavy atom. The number of carbonyl (C=O) groups is 4. The summed E-state index contributed by atoms with van der Waals surface area (Å²) in [4.78, 5) is 51.0. The summed E-state index contributed by atoms with van der Waals surface area (Å²) in [5.41, 5.74) is -0.271. The predicted octanol–water partition coefficient (Wildman–Crippen LogP) is 1.44. The second-order valence-corrected chi connectivity index (χ2v) is 7.98. The van der Waals surface area contributed by atoms with Crippen molar-refractivity contribution >= 4 is 30.0 Å². The van der Waals surface area contributed by atoms with E-state index in [0.717, 1.165) is 11.9 Å². The van der Waals surface area contributed by atoms with Crippen LogP contribution in [0.4, 0.5) is 4.79 Å². The van der Waals surface area contributed by atoms with Crippen molar-refractivity contribution in [2.24, 2.45) is 10.9 Å². The van der Waals surface area contributed by atoms with Crippen LogP contribution in [0, 0.1) is 0 Å². The number of urea groups is 1. The van der Waals surface area contributed by atoms with E-state index in [4.69, 9.17) is 10.6 Å². The third-order valence-corrected chi connectivity index (χ3v) is 5.67. The van der Waals surface area contributed by atoms with Crippen LogP contribution < -0.4 is 15.9 Å². The van der Waals surface area contributed by atoms with Crippen LogP contribution in [-0.2, 0) is 19.9 Å². The first-order chi connectivity index (χ1) is 16.5. The molecule has 2 aromatic rings. The van der Waals surface area contributed by atoms with E-state index >= 15 is 0 Å². The molecule has 0 saturated carbocycles. The number of nitrogens with two attached hydrogens (primary N) is 1. The number of imide groups is 1. The molecular formula is C23H25N5O7. The molecule has 5 N–H and O–H groups in total. The number of aliphatic carboxylic acids is 1. The maximum absolute atomic E-state index is 13.6. The highest BCUT2D eigenvalue weighted by Crippen LogP contribution is 2.37. The van der Waals surface area contributed by atoms with Crippen LogP contribution >= 0.6 is 0 Å². The number of hydrogen-bond acceptors (Lipinski definition) is 8. The molecule has 3 rings (SSSR count). The summed E-state index contributed by atoms with van der Waals surface area (Å²) in [5.74, 6) is 2.15. The number of hydrazone groups is 1. The van der Waals surface area contributed by atoms with Crippen LogP contribution in [-0.4, -0.2) is 57.4 Å². The number of benzene rings is 2. The van der Waals surface area contributed by atoms with Gasteiger partial charge in [0.15, 0.2) is 11.5 Å². The highest BCUT2D eigenvalue weighted by Gasteiger charge is 2.53. The Hall–Kier alpha value is -4.61. The van der Waals surface area contributed by atoms with Crippen molar-refractivity contribution in [2.75, 3.05) is 7.11 Å². The fourth-order valence-electron chi connectivity index (χ4n) is 3.93. The first kappa shape index (κ1) is 25.0. The molecule has 0 radical (unpaired) electrons. The Labute approximate surface area is 200 Å². The lowest BCUT2D eigenvalue weighted by Gasteiger charge is -2.35.